The van der Waals surface area contributed by atoms with Gasteiger partial charge in [-0.1, -0.05) is 37.8 Å². The average Bonchev–Trinajstić information content (AvgIpc) is 3.47. The van der Waals surface area contributed by atoms with Crippen molar-refractivity contribution < 1.29 is 18.7 Å². The lowest BCUT2D eigenvalue weighted by atomic mass is 9.93. The summed E-state index contributed by atoms with van der Waals surface area (Å²) in [4.78, 5) is 29.3. The number of nitrogens with zero attached hydrogens (tertiary/aromatic N) is 3. The van der Waals surface area contributed by atoms with Gasteiger partial charge < -0.3 is 19.4 Å². The summed E-state index contributed by atoms with van der Waals surface area (Å²) in [5.41, 5.74) is 0.857. The van der Waals surface area contributed by atoms with Gasteiger partial charge in [-0.15, -0.1) is 0 Å². The minimum absolute atomic E-state index is 0.132. The second kappa shape index (κ2) is 9.60. The Bertz CT molecular complexity index is 1180. The lowest BCUT2D eigenvalue weighted by Gasteiger charge is -2.44. The topological polar surface area (TPSA) is 89.6 Å². The van der Waals surface area contributed by atoms with Gasteiger partial charge >= 0.3 is 0 Å². The maximum atomic E-state index is 13.8. The van der Waals surface area contributed by atoms with E-state index in [1.165, 1.54) is 12.8 Å². The molecule has 3 aromatic rings. The summed E-state index contributed by atoms with van der Waals surface area (Å²) in [5.74, 6) is 0.975. The van der Waals surface area contributed by atoms with E-state index in [0.29, 0.717) is 23.7 Å². The molecule has 3 heterocycles. The van der Waals surface area contributed by atoms with Crippen molar-refractivity contribution >= 4 is 11.8 Å². The summed E-state index contributed by atoms with van der Waals surface area (Å²) in [6.07, 6.45) is 8.18. The normalized spacial score (nSPS) is 20.9. The number of benzene rings is 1. The van der Waals surface area contributed by atoms with Gasteiger partial charge in [0.1, 0.15) is 22.7 Å². The summed E-state index contributed by atoms with van der Waals surface area (Å²) < 4.78 is 12.4. The fourth-order valence-corrected chi connectivity index (χ4v) is 5.11. The molecule has 1 N–H and O–H groups in total. The molecule has 1 aliphatic carbocycles. The maximum Gasteiger partial charge on any atom is 0.273 e. The lowest BCUT2D eigenvalue weighted by Crippen LogP contribution is -2.64. The average molecular weight is 477 g/mol. The highest BCUT2D eigenvalue weighted by Crippen LogP contribution is 2.32. The highest BCUT2D eigenvalue weighted by Gasteiger charge is 2.48. The van der Waals surface area contributed by atoms with Crippen molar-refractivity contribution in [2.45, 2.75) is 70.1 Å². The smallest absolute Gasteiger partial charge is 0.273 e. The quantitative estimate of drug-likeness (QED) is 0.533. The first-order chi connectivity index (χ1) is 17.0. The molecule has 0 spiro atoms. The predicted molar refractivity (Wildman–Crippen MR) is 131 cm³/mol. The molecule has 184 valence electrons. The molecule has 0 bridgehead atoms. The van der Waals surface area contributed by atoms with Crippen LogP contribution in [0.25, 0.3) is 11.5 Å². The zero-order valence-electron chi connectivity index (χ0n) is 20.3. The Kier molecular flexibility index (Phi) is 6.36. The standard InChI is InChI=1S/C27H32N4O4/c1-27(26(33)28-20-8-5-3-4-6-9-20)18-31-23(16-22(29-31)24-10-7-15-35-24)25(32)30(27)17-19-11-13-21(34-2)14-12-19/h7,10-16,20H,3-6,8-9,17-18H2,1-2H3,(H,28,33)/t27-/m0/s1. The van der Waals surface area contributed by atoms with Gasteiger partial charge in [0.25, 0.3) is 5.91 Å². The SMILES string of the molecule is COc1ccc(CN2C(=O)c3cc(-c4ccco4)nn3C[C@@]2(C)C(=O)NC2CCCCCC2)cc1. The van der Waals surface area contributed by atoms with Crippen LogP contribution in [0.3, 0.4) is 0 Å². The first-order valence-corrected chi connectivity index (χ1v) is 12.4. The Morgan fingerprint density at radius 3 is 2.57 bits per heavy atom. The Hall–Kier alpha value is -3.55. The molecule has 8 nitrogen and oxygen atoms in total. The summed E-state index contributed by atoms with van der Waals surface area (Å²) in [6, 6.07) is 13.1. The van der Waals surface area contributed by atoms with E-state index in [1.807, 2.05) is 37.3 Å². The van der Waals surface area contributed by atoms with Crippen LogP contribution in [0.15, 0.2) is 53.1 Å². The van der Waals surface area contributed by atoms with Crippen LogP contribution in [-0.2, 0) is 17.9 Å². The van der Waals surface area contributed by atoms with Gasteiger partial charge in [-0.05, 0) is 49.6 Å². The number of ether oxygens (including phenoxy) is 1. The van der Waals surface area contributed by atoms with Crippen LogP contribution >= 0.6 is 0 Å². The Morgan fingerprint density at radius 2 is 1.91 bits per heavy atom. The number of carbonyl (C=O) groups is 2. The van der Waals surface area contributed by atoms with Crippen molar-refractivity contribution in [1.29, 1.82) is 0 Å². The molecule has 1 saturated carbocycles. The largest absolute Gasteiger partial charge is 0.497 e. The van der Waals surface area contributed by atoms with Crippen molar-refractivity contribution in [2.75, 3.05) is 7.11 Å². The molecule has 2 aliphatic rings. The molecule has 0 unspecified atom stereocenters. The van der Waals surface area contributed by atoms with Gasteiger partial charge in [0.2, 0.25) is 5.91 Å². The Labute approximate surface area is 205 Å². The fourth-order valence-electron chi connectivity index (χ4n) is 5.11. The van der Waals surface area contributed by atoms with Crippen LogP contribution in [0, 0.1) is 0 Å². The minimum atomic E-state index is -1.09. The van der Waals surface area contributed by atoms with Gasteiger partial charge in [0.15, 0.2) is 5.76 Å². The molecular formula is C27H32N4O4. The number of aromatic nitrogens is 2. The molecule has 1 aliphatic heterocycles. The number of carbonyl (C=O) groups excluding carboxylic acids is 2. The zero-order valence-corrected chi connectivity index (χ0v) is 20.3. The number of hydrogen-bond donors (Lipinski definition) is 1. The van der Waals surface area contributed by atoms with Gasteiger partial charge in [0.05, 0.1) is 19.9 Å². The molecule has 5 rings (SSSR count). The molecule has 8 heteroatoms. The highest BCUT2D eigenvalue weighted by molar-refractivity contribution is 6.00. The van der Waals surface area contributed by atoms with E-state index in [4.69, 9.17) is 9.15 Å². The molecule has 0 radical (unpaired) electrons. The predicted octanol–water partition coefficient (Wildman–Crippen LogP) is 4.41. The first-order valence-electron chi connectivity index (χ1n) is 12.4. The van der Waals surface area contributed by atoms with Crippen molar-refractivity contribution in [1.82, 2.24) is 20.0 Å². The van der Waals surface area contributed by atoms with E-state index in [0.717, 1.165) is 37.0 Å². The Balaban J connectivity index is 1.48. The van der Waals surface area contributed by atoms with Crippen LogP contribution in [0.4, 0.5) is 0 Å². The highest BCUT2D eigenvalue weighted by atomic mass is 16.5. The van der Waals surface area contributed by atoms with Gasteiger partial charge in [-0.2, -0.15) is 5.10 Å². The Morgan fingerprint density at radius 1 is 1.17 bits per heavy atom. The van der Waals surface area contributed by atoms with E-state index in [-0.39, 0.29) is 24.4 Å². The zero-order chi connectivity index (χ0) is 24.4. The third kappa shape index (κ3) is 4.57. The van der Waals surface area contributed by atoms with Gasteiger partial charge in [0, 0.05) is 18.7 Å². The molecule has 2 amide bonds. The second-order valence-electron chi connectivity index (χ2n) is 9.72. The molecular weight excluding hydrogens is 444 g/mol. The second-order valence-corrected chi connectivity index (χ2v) is 9.72. The third-order valence-corrected chi connectivity index (χ3v) is 7.25. The molecule has 0 saturated heterocycles. The summed E-state index contributed by atoms with van der Waals surface area (Å²) >= 11 is 0. The van der Waals surface area contributed by atoms with Crippen LogP contribution in [-0.4, -0.2) is 45.2 Å². The number of hydrogen-bond acceptors (Lipinski definition) is 5. The molecule has 35 heavy (non-hydrogen) atoms. The number of furan rings is 1. The summed E-state index contributed by atoms with van der Waals surface area (Å²) in [7, 11) is 1.62. The summed E-state index contributed by atoms with van der Waals surface area (Å²) in [6.45, 7) is 2.42. The monoisotopic (exact) mass is 476 g/mol. The van der Waals surface area contributed by atoms with Crippen molar-refractivity contribution in [3.8, 4) is 17.2 Å². The number of amides is 2. The van der Waals surface area contributed by atoms with Crippen LogP contribution in [0.2, 0.25) is 0 Å². The van der Waals surface area contributed by atoms with Crippen LogP contribution in [0.5, 0.6) is 5.75 Å². The van der Waals surface area contributed by atoms with Gasteiger partial charge in [-0.25, -0.2) is 0 Å². The molecule has 1 atom stereocenters. The van der Waals surface area contributed by atoms with Gasteiger partial charge in [-0.3, -0.25) is 14.3 Å². The minimum Gasteiger partial charge on any atom is -0.497 e. The van der Waals surface area contributed by atoms with E-state index in [2.05, 4.69) is 10.4 Å². The number of nitrogens with one attached hydrogen (secondary N) is 1. The maximum absolute atomic E-state index is 13.8. The first kappa shape index (κ1) is 23.2. The number of fused-ring (bicyclic) bond motifs is 1. The summed E-state index contributed by atoms with van der Waals surface area (Å²) in [5, 5.41) is 7.90. The molecule has 2 aromatic heterocycles. The van der Waals surface area contributed by atoms with Crippen molar-refractivity contribution in [3.05, 3.63) is 60.0 Å². The number of rotatable bonds is 6. The number of methoxy groups -OCH3 is 1. The van der Waals surface area contributed by atoms with Crippen molar-refractivity contribution in [2.24, 2.45) is 0 Å². The lowest BCUT2D eigenvalue weighted by molar-refractivity contribution is -0.134. The third-order valence-electron chi connectivity index (χ3n) is 7.25. The molecule has 1 aromatic carbocycles. The molecule has 1 fully saturated rings. The van der Waals surface area contributed by atoms with E-state index < -0.39 is 5.54 Å². The van der Waals surface area contributed by atoms with E-state index in [9.17, 15) is 9.59 Å². The van der Waals surface area contributed by atoms with E-state index >= 15 is 0 Å². The van der Waals surface area contributed by atoms with E-state index in [1.54, 1.807) is 35.1 Å². The van der Waals surface area contributed by atoms with Crippen LogP contribution in [0.1, 0.15) is 61.5 Å². The fraction of sp³-hybridized carbons (Fsp3) is 0.444. The van der Waals surface area contributed by atoms with Crippen molar-refractivity contribution in [3.63, 3.8) is 0 Å². The van der Waals surface area contributed by atoms with Crippen LogP contribution < -0.4 is 10.1 Å².